The van der Waals surface area contributed by atoms with Crippen LogP contribution in [0.2, 0.25) is 0 Å². The summed E-state index contributed by atoms with van der Waals surface area (Å²) in [4.78, 5) is 38.4. The maximum absolute atomic E-state index is 13.8. The molecule has 240 valence electrons. The third kappa shape index (κ3) is 4.16. The van der Waals surface area contributed by atoms with Crippen LogP contribution in [0.15, 0.2) is 23.8 Å². The number of esters is 1. The molecular formula is C26H34O17. The molecule has 17 nitrogen and oxygen atoms in total. The van der Waals surface area contributed by atoms with Gasteiger partial charge in [0.15, 0.2) is 23.8 Å². The van der Waals surface area contributed by atoms with E-state index in [0.717, 1.165) is 6.08 Å². The van der Waals surface area contributed by atoms with Crippen LogP contribution in [-0.4, -0.2) is 128 Å². The van der Waals surface area contributed by atoms with E-state index in [1.54, 1.807) is 6.92 Å². The number of aliphatic hydroxyl groups is 11. The van der Waals surface area contributed by atoms with Gasteiger partial charge >= 0.3 is 23.5 Å². The molecule has 0 aromatic heterocycles. The Balaban J connectivity index is 1.50. The summed E-state index contributed by atoms with van der Waals surface area (Å²) in [6.07, 6.45) is 0.726. The number of hydrogen-bond donors (Lipinski definition) is 11. The molecule has 9 unspecified atom stereocenters. The summed E-state index contributed by atoms with van der Waals surface area (Å²) in [6, 6.07) is 0. The average molecular weight is 619 g/mol. The third-order valence-corrected chi connectivity index (χ3v) is 10.3. The summed E-state index contributed by atoms with van der Waals surface area (Å²) in [7, 11) is 0. The lowest BCUT2D eigenvalue weighted by atomic mass is 9.45. The number of rotatable bonds is 6. The fourth-order valence-corrected chi connectivity index (χ4v) is 8.52. The number of Topliss-reactive ketones (excluding diaryl/α,β-unsaturated/α-hetero) is 1. The number of carbonyl (C=O) groups excluding carboxylic acids is 3. The van der Waals surface area contributed by atoms with Crippen molar-refractivity contribution in [2.24, 2.45) is 28.6 Å². The molecule has 3 saturated carbocycles. The Hall–Kier alpha value is -2.23. The molecular weight excluding hydrogens is 584 g/mol. The van der Waals surface area contributed by atoms with E-state index in [4.69, 9.17) is 9.47 Å². The summed E-state index contributed by atoms with van der Waals surface area (Å²) >= 11 is 0. The highest BCUT2D eigenvalue weighted by atomic mass is 16.8. The number of allylic oxidation sites excluding steroid dienone is 3. The standard InChI is InChI=1S/C26H34O17/c1-20-4-3-10(27)5-14(20)22(32,33)7-11-12-6-16-23(43-19(31)42-16,21(12,2)8-13(28)17(11)20)15(29)9-41-18(30)24(34,25(35,36)37)26(38,39)40/h3-5,11-13,16-17,19,28,31-40H,6-9H2,1-2H3. The molecule has 4 aliphatic carbocycles. The van der Waals surface area contributed by atoms with E-state index in [0.29, 0.717) is 0 Å². The van der Waals surface area contributed by atoms with Gasteiger partial charge in [0, 0.05) is 28.7 Å². The van der Waals surface area contributed by atoms with Gasteiger partial charge in [0.1, 0.15) is 6.10 Å². The van der Waals surface area contributed by atoms with E-state index in [9.17, 15) is 70.6 Å². The Kier molecular flexibility index (Phi) is 7.03. The van der Waals surface area contributed by atoms with Gasteiger partial charge in [-0.15, -0.1) is 0 Å². The van der Waals surface area contributed by atoms with Gasteiger partial charge in [0.2, 0.25) is 5.78 Å². The van der Waals surface area contributed by atoms with Crippen LogP contribution in [0.1, 0.15) is 33.1 Å². The molecule has 1 aliphatic heterocycles. The van der Waals surface area contributed by atoms with Crippen LogP contribution >= 0.6 is 0 Å². The lowest BCUT2D eigenvalue weighted by molar-refractivity contribution is -0.481. The van der Waals surface area contributed by atoms with Crippen LogP contribution in [0.4, 0.5) is 0 Å². The molecule has 0 bridgehead atoms. The second-order valence-corrected chi connectivity index (χ2v) is 12.6. The smallest absolute Gasteiger partial charge is 0.356 e. The molecule has 0 radical (unpaired) electrons. The first-order chi connectivity index (χ1) is 19.5. The highest BCUT2D eigenvalue weighted by molar-refractivity contribution is 6.01. The molecule has 0 aromatic carbocycles. The number of fused-ring (bicyclic) bond motifs is 7. The Morgan fingerprint density at radius 2 is 1.63 bits per heavy atom. The number of carbonyl (C=O) groups is 3. The van der Waals surface area contributed by atoms with Crippen molar-refractivity contribution in [3.63, 3.8) is 0 Å². The summed E-state index contributed by atoms with van der Waals surface area (Å²) in [5, 5.41) is 110. The van der Waals surface area contributed by atoms with Crippen molar-refractivity contribution in [1.29, 1.82) is 0 Å². The van der Waals surface area contributed by atoms with E-state index in [1.807, 2.05) is 0 Å². The lowest BCUT2D eigenvalue weighted by Crippen LogP contribution is -2.73. The molecule has 5 rings (SSSR count). The molecule has 9 atom stereocenters. The average Bonchev–Trinajstić information content (AvgIpc) is 3.31. The minimum absolute atomic E-state index is 0.00292. The first-order valence-corrected chi connectivity index (χ1v) is 13.3. The maximum atomic E-state index is 13.8. The van der Waals surface area contributed by atoms with Crippen molar-refractivity contribution in [3.05, 3.63) is 23.8 Å². The van der Waals surface area contributed by atoms with E-state index < -0.39 is 100 Å². The van der Waals surface area contributed by atoms with Gasteiger partial charge in [-0.3, -0.25) is 9.59 Å². The predicted octanol–water partition coefficient (Wildman–Crippen LogP) is -5.30. The highest BCUT2D eigenvalue weighted by Gasteiger charge is 2.77. The molecule has 11 N–H and O–H groups in total. The van der Waals surface area contributed by atoms with Gasteiger partial charge in [-0.05, 0) is 36.8 Å². The van der Waals surface area contributed by atoms with Crippen LogP contribution in [0.25, 0.3) is 0 Å². The second-order valence-electron chi connectivity index (χ2n) is 12.6. The van der Waals surface area contributed by atoms with E-state index >= 15 is 0 Å². The third-order valence-electron chi connectivity index (χ3n) is 10.3. The van der Waals surface area contributed by atoms with Crippen LogP contribution in [0, 0.1) is 28.6 Å². The molecule has 1 heterocycles. The van der Waals surface area contributed by atoms with E-state index in [2.05, 4.69) is 4.74 Å². The second kappa shape index (κ2) is 9.39. The summed E-state index contributed by atoms with van der Waals surface area (Å²) in [5.74, 6) is -18.1. The van der Waals surface area contributed by atoms with Crippen LogP contribution in [0.3, 0.4) is 0 Å². The largest absolute Gasteiger partial charge is 0.455 e. The number of hydrogen-bond acceptors (Lipinski definition) is 17. The topological polar surface area (TPSA) is 301 Å². The van der Waals surface area contributed by atoms with Crippen molar-refractivity contribution in [2.45, 2.75) is 80.7 Å². The van der Waals surface area contributed by atoms with Crippen molar-refractivity contribution in [3.8, 4) is 0 Å². The molecule has 5 aliphatic rings. The Morgan fingerprint density at radius 1 is 1.02 bits per heavy atom. The molecule has 17 heteroatoms. The minimum atomic E-state index is -4.69. The van der Waals surface area contributed by atoms with Crippen molar-refractivity contribution >= 4 is 17.5 Å². The predicted molar refractivity (Wildman–Crippen MR) is 130 cm³/mol. The van der Waals surface area contributed by atoms with Gasteiger partial charge in [-0.25, -0.2) is 4.79 Å². The zero-order valence-corrected chi connectivity index (χ0v) is 22.9. The highest BCUT2D eigenvalue weighted by Crippen LogP contribution is 2.70. The van der Waals surface area contributed by atoms with Crippen LogP contribution in [0.5, 0.6) is 0 Å². The summed E-state index contributed by atoms with van der Waals surface area (Å²) < 4.78 is 15.6. The van der Waals surface area contributed by atoms with Gasteiger partial charge < -0.3 is 70.4 Å². The Bertz CT molecular complexity index is 1280. The molecule has 0 aromatic rings. The van der Waals surface area contributed by atoms with E-state index in [1.165, 1.54) is 19.1 Å². The maximum Gasteiger partial charge on any atom is 0.356 e. The van der Waals surface area contributed by atoms with Crippen molar-refractivity contribution in [1.82, 2.24) is 0 Å². The Morgan fingerprint density at radius 3 is 2.21 bits per heavy atom. The number of ether oxygens (including phenoxy) is 3. The van der Waals surface area contributed by atoms with Crippen LogP contribution in [-0.2, 0) is 28.6 Å². The molecule has 43 heavy (non-hydrogen) atoms. The van der Waals surface area contributed by atoms with Gasteiger partial charge in [-0.2, -0.15) is 0 Å². The summed E-state index contributed by atoms with van der Waals surface area (Å²) in [6.45, 7) is -0.257. The zero-order valence-electron chi connectivity index (χ0n) is 22.9. The molecule has 0 amide bonds. The fourth-order valence-electron chi connectivity index (χ4n) is 8.52. The lowest BCUT2D eigenvalue weighted by Gasteiger charge is -2.61. The number of ketones is 2. The normalized spacial score (nSPS) is 42.0. The quantitative estimate of drug-likeness (QED) is 0.0978. The van der Waals surface area contributed by atoms with Crippen LogP contribution < -0.4 is 0 Å². The van der Waals surface area contributed by atoms with Crippen molar-refractivity contribution < 1.29 is 84.8 Å². The van der Waals surface area contributed by atoms with Crippen molar-refractivity contribution in [2.75, 3.05) is 6.61 Å². The first kappa shape index (κ1) is 32.2. The van der Waals surface area contributed by atoms with E-state index in [-0.39, 0.29) is 24.8 Å². The Labute approximate surface area is 242 Å². The molecule has 1 saturated heterocycles. The van der Waals surface area contributed by atoms with Gasteiger partial charge in [0.25, 0.3) is 6.48 Å². The molecule has 4 fully saturated rings. The van der Waals surface area contributed by atoms with Gasteiger partial charge in [-0.1, -0.05) is 19.9 Å². The SMILES string of the molecule is CC12C=CC(=O)C=C1C(O)(O)CC1C2C(O)CC2(C)C1CC1OC(O)OC12C(=O)COC(=O)C(O)(C(O)(O)O)C(O)(O)O. The molecule has 0 spiro atoms. The zero-order chi connectivity index (χ0) is 32.3. The summed E-state index contributed by atoms with van der Waals surface area (Å²) in [5.41, 5.74) is -9.48. The number of aliphatic hydroxyl groups excluding tert-OH is 2. The fraction of sp³-hybridized carbons (Fsp3) is 0.731. The monoisotopic (exact) mass is 618 g/mol. The first-order valence-electron chi connectivity index (χ1n) is 13.3. The minimum Gasteiger partial charge on any atom is -0.455 e. The van der Waals surface area contributed by atoms with Gasteiger partial charge in [0.05, 0.1) is 6.10 Å².